The molecule has 0 heterocycles. The summed E-state index contributed by atoms with van der Waals surface area (Å²) in [6.07, 6.45) is 1.52. The highest BCUT2D eigenvalue weighted by molar-refractivity contribution is 5.78. The normalized spacial score (nSPS) is 11.3. The molecule has 0 aliphatic rings. The summed E-state index contributed by atoms with van der Waals surface area (Å²) in [5, 5.41) is 19.6. The summed E-state index contributed by atoms with van der Waals surface area (Å²) in [7, 11) is 1.57. The molecule has 0 spiro atoms. The fourth-order valence-electron chi connectivity index (χ4n) is 1.62. The number of hydrogen-bond donors (Lipinski definition) is 2. The molecular formula is C15H14O3. The highest BCUT2D eigenvalue weighted by Gasteiger charge is 2.03. The van der Waals surface area contributed by atoms with E-state index in [9.17, 15) is 10.2 Å². The maximum absolute atomic E-state index is 10.0. The highest BCUT2D eigenvalue weighted by atomic mass is 16.5. The van der Waals surface area contributed by atoms with E-state index in [0.29, 0.717) is 16.9 Å². The van der Waals surface area contributed by atoms with Gasteiger partial charge in [0, 0.05) is 11.1 Å². The Morgan fingerprint density at radius 2 is 1.89 bits per heavy atom. The molecule has 0 unspecified atom stereocenters. The van der Waals surface area contributed by atoms with Crippen LogP contribution in [0.25, 0.3) is 11.8 Å². The number of phenols is 1. The van der Waals surface area contributed by atoms with Crippen LogP contribution >= 0.6 is 0 Å². The number of ether oxygens (including phenoxy) is 1. The molecular weight excluding hydrogens is 228 g/mol. The Balaban J connectivity index is 2.36. The summed E-state index contributed by atoms with van der Waals surface area (Å²) in [5.74, 6) is 0.882. The molecule has 18 heavy (non-hydrogen) atoms. The number of aliphatic hydroxyl groups is 1. The van der Waals surface area contributed by atoms with Gasteiger partial charge >= 0.3 is 0 Å². The van der Waals surface area contributed by atoms with Crippen LogP contribution in [0, 0.1) is 0 Å². The van der Waals surface area contributed by atoms with Gasteiger partial charge in [0.2, 0.25) is 0 Å². The van der Waals surface area contributed by atoms with E-state index in [1.165, 1.54) is 6.08 Å². The SMILES string of the molecule is COc1cccc(C(O)=Cc2ccccc2O)c1. The quantitative estimate of drug-likeness (QED) is 0.640. The summed E-state index contributed by atoms with van der Waals surface area (Å²) >= 11 is 0. The van der Waals surface area contributed by atoms with Gasteiger partial charge in [0.15, 0.2) is 0 Å². The molecule has 92 valence electrons. The lowest BCUT2D eigenvalue weighted by molar-refractivity contribution is 0.414. The molecule has 0 saturated carbocycles. The average molecular weight is 242 g/mol. The van der Waals surface area contributed by atoms with Crippen molar-refractivity contribution in [3.8, 4) is 11.5 Å². The lowest BCUT2D eigenvalue weighted by Crippen LogP contribution is -1.87. The van der Waals surface area contributed by atoms with Crippen LogP contribution in [0.4, 0.5) is 0 Å². The zero-order chi connectivity index (χ0) is 13.0. The van der Waals surface area contributed by atoms with Crippen LogP contribution < -0.4 is 4.74 Å². The van der Waals surface area contributed by atoms with Gasteiger partial charge in [-0.1, -0.05) is 30.3 Å². The molecule has 0 aliphatic carbocycles. The maximum atomic E-state index is 10.0. The van der Waals surface area contributed by atoms with Crippen molar-refractivity contribution in [3.63, 3.8) is 0 Å². The minimum atomic E-state index is 0.0791. The number of phenolic OH excluding ortho intramolecular Hbond substituents is 1. The fraction of sp³-hybridized carbons (Fsp3) is 0.0667. The number of benzene rings is 2. The Hall–Kier alpha value is -2.42. The van der Waals surface area contributed by atoms with Gasteiger partial charge in [-0.25, -0.2) is 0 Å². The second-order valence-corrected chi connectivity index (χ2v) is 3.82. The monoisotopic (exact) mass is 242 g/mol. The van der Waals surface area contributed by atoms with E-state index in [2.05, 4.69) is 0 Å². The van der Waals surface area contributed by atoms with E-state index in [1.54, 1.807) is 55.6 Å². The maximum Gasteiger partial charge on any atom is 0.123 e. The minimum absolute atomic E-state index is 0.0791. The van der Waals surface area contributed by atoms with Crippen molar-refractivity contribution in [1.29, 1.82) is 0 Å². The first-order chi connectivity index (χ1) is 8.70. The van der Waals surface area contributed by atoms with Crippen LogP contribution in [0.2, 0.25) is 0 Å². The topological polar surface area (TPSA) is 49.7 Å². The third kappa shape index (κ3) is 2.63. The molecule has 0 saturated heterocycles. The van der Waals surface area contributed by atoms with Gasteiger partial charge in [0.1, 0.15) is 17.3 Å². The van der Waals surface area contributed by atoms with Crippen molar-refractivity contribution < 1.29 is 14.9 Å². The largest absolute Gasteiger partial charge is 0.507 e. The second-order valence-electron chi connectivity index (χ2n) is 3.82. The molecule has 0 bridgehead atoms. The zero-order valence-corrected chi connectivity index (χ0v) is 10.00. The Labute approximate surface area is 106 Å². The van der Waals surface area contributed by atoms with E-state index in [4.69, 9.17) is 4.74 Å². The van der Waals surface area contributed by atoms with Crippen LogP contribution in [-0.2, 0) is 0 Å². The van der Waals surface area contributed by atoms with Gasteiger partial charge in [-0.05, 0) is 24.3 Å². The van der Waals surface area contributed by atoms with Crippen molar-refractivity contribution in [3.05, 3.63) is 59.7 Å². The van der Waals surface area contributed by atoms with E-state index in [0.717, 1.165) is 0 Å². The van der Waals surface area contributed by atoms with Crippen LogP contribution in [0.15, 0.2) is 48.5 Å². The van der Waals surface area contributed by atoms with Crippen molar-refractivity contribution in [2.45, 2.75) is 0 Å². The molecule has 0 radical (unpaired) electrons. The van der Waals surface area contributed by atoms with E-state index < -0.39 is 0 Å². The Morgan fingerprint density at radius 3 is 2.61 bits per heavy atom. The predicted octanol–water partition coefficient (Wildman–Crippen LogP) is 3.46. The first-order valence-electron chi connectivity index (χ1n) is 5.54. The van der Waals surface area contributed by atoms with E-state index in [-0.39, 0.29) is 11.5 Å². The number of rotatable bonds is 3. The van der Waals surface area contributed by atoms with Crippen molar-refractivity contribution in [1.82, 2.24) is 0 Å². The van der Waals surface area contributed by atoms with Crippen LogP contribution in [0.1, 0.15) is 11.1 Å². The Morgan fingerprint density at radius 1 is 1.11 bits per heavy atom. The van der Waals surface area contributed by atoms with Gasteiger partial charge < -0.3 is 14.9 Å². The first kappa shape index (κ1) is 12.0. The molecule has 2 N–H and O–H groups in total. The lowest BCUT2D eigenvalue weighted by atomic mass is 10.1. The lowest BCUT2D eigenvalue weighted by Gasteiger charge is -2.04. The van der Waals surface area contributed by atoms with Gasteiger partial charge in [-0.2, -0.15) is 0 Å². The summed E-state index contributed by atoms with van der Waals surface area (Å²) < 4.78 is 5.09. The third-order valence-corrected chi connectivity index (χ3v) is 2.59. The number of methoxy groups -OCH3 is 1. The molecule has 2 aromatic carbocycles. The van der Waals surface area contributed by atoms with Crippen molar-refractivity contribution in [2.75, 3.05) is 7.11 Å². The summed E-state index contributed by atoms with van der Waals surface area (Å²) in [4.78, 5) is 0. The van der Waals surface area contributed by atoms with Crippen molar-refractivity contribution in [2.24, 2.45) is 0 Å². The van der Waals surface area contributed by atoms with Gasteiger partial charge in [-0.3, -0.25) is 0 Å². The standard InChI is InChI=1S/C15H14O3/c1-18-13-7-4-6-11(9-13)15(17)10-12-5-2-3-8-14(12)16/h2-10,16-17H,1H3. The molecule has 3 nitrogen and oxygen atoms in total. The molecule has 0 atom stereocenters. The predicted molar refractivity (Wildman–Crippen MR) is 71.6 cm³/mol. The molecule has 2 aromatic rings. The number of aromatic hydroxyl groups is 1. The van der Waals surface area contributed by atoms with E-state index >= 15 is 0 Å². The molecule has 3 heteroatoms. The van der Waals surface area contributed by atoms with Crippen LogP contribution in [0.5, 0.6) is 11.5 Å². The molecule has 2 rings (SSSR count). The first-order valence-corrected chi connectivity index (χ1v) is 5.54. The summed E-state index contributed by atoms with van der Waals surface area (Å²) in [6.45, 7) is 0. The van der Waals surface area contributed by atoms with Crippen molar-refractivity contribution >= 4 is 11.8 Å². The molecule has 0 aromatic heterocycles. The van der Waals surface area contributed by atoms with Gasteiger partial charge in [0.25, 0.3) is 0 Å². The summed E-state index contributed by atoms with van der Waals surface area (Å²) in [6, 6.07) is 13.9. The highest BCUT2D eigenvalue weighted by Crippen LogP contribution is 2.24. The smallest absolute Gasteiger partial charge is 0.123 e. The Kier molecular flexibility index (Phi) is 3.53. The molecule has 0 fully saturated rings. The third-order valence-electron chi connectivity index (χ3n) is 2.59. The molecule has 0 amide bonds. The zero-order valence-electron chi connectivity index (χ0n) is 10.00. The van der Waals surface area contributed by atoms with Gasteiger partial charge in [0.05, 0.1) is 7.11 Å². The number of para-hydroxylation sites is 1. The van der Waals surface area contributed by atoms with Gasteiger partial charge in [-0.15, -0.1) is 0 Å². The Bertz CT molecular complexity index is 573. The van der Waals surface area contributed by atoms with Crippen LogP contribution in [-0.4, -0.2) is 17.3 Å². The van der Waals surface area contributed by atoms with Crippen LogP contribution in [0.3, 0.4) is 0 Å². The average Bonchev–Trinajstić information content (AvgIpc) is 2.41. The fourth-order valence-corrected chi connectivity index (χ4v) is 1.62. The second kappa shape index (κ2) is 5.27. The number of aliphatic hydroxyl groups excluding tert-OH is 1. The molecule has 0 aliphatic heterocycles. The minimum Gasteiger partial charge on any atom is -0.507 e. The van der Waals surface area contributed by atoms with E-state index in [1.807, 2.05) is 0 Å². The summed E-state index contributed by atoms with van der Waals surface area (Å²) in [5.41, 5.74) is 1.20. The number of hydrogen-bond acceptors (Lipinski definition) is 3.